The van der Waals surface area contributed by atoms with Crippen molar-refractivity contribution in [3.63, 3.8) is 0 Å². The summed E-state index contributed by atoms with van der Waals surface area (Å²) >= 11 is 6.18. The molecule has 2 N–H and O–H groups in total. The van der Waals surface area contributed by atoms with Gasteiger partial charge in [-0.25, -0.2) is 4.79 Å². The first-order chi connectivity index (χ1) is 13.2. The standard InChI is InChI=1S/C19H20ClN5O2/c1-2-10-27-17-9-8-14(11-16(17)20)23-19(26)21-12-18-24-22-13-25(18)15-6-4-3-5-7-15/h3-9,11,13H,2,10,12H2,1H3,(H2,21,23,26). The molecule has 0 aliphatic carbocycles. The zero-order valence-electron chi connectivity index (χ0n) is 14.9. The lowest BCUT2D eigenvalue weighted by Crippen LogP contribution is -2.29. The van der Waals surface area contributed by atoms with Gasteiger partial charge < -0.3 is 15.4 Å². The predicted octanol–water partition coefficient (Wildman–Crippen LogP) is 4.03. The smallest absolute Gasteiger partial charge is 0.319 e. The Bertz CT molecular complexity index is 898. The third kappa shape index (κ3) is 4.98. The highest BCUT2D eigenvalue weighted by atomic mass is 35.5. The van der Waals surface area contributed by atoms with E-state index < -0.39 is 0 Å². The molecule has 0 aliphatic rings. The molecule has 1 aromatic heterocycles. The van der Waals surface area contributed by atoms with Gasteiger partial charge in [-0.05, 0) is 36.8 Å². The van der Waals surface area contributed by atoms with Gasteiger partial charge >= 0.3 is 6.03 Å². The van der Waals surface area contributed by atoms with Crippen LogP contribution < -0.4 is 15.4 Å². The van der Waals surface area contributed by atoms with Crippen LogP contribution in [0.3, 0.4) is 0 Å². The summed E-state index contributed by atoms with van der Waals surface area (Å²) < 4.78 is 7.34. The summed E-state index contributed by atoms with van der Waals surface area (Å²) in [7, 11) is 0. The van der Waals surface area contributed by atoms with Crippen LogP contribution >= 0.6 is 11.6 Å². The summed E-state index contributed by atoms with van der Waals surface area (Å²) in [5.41, 5.74) is 1.50. The topological polar surface area (TPSA) is 81.1 Å². The lowest BCUT2D eigenvalue weighted by molar-refractivity contribution is 0.251. The maximum absolute atomic E-state index is 12.2. The van der Waals surface area contributed by atoms with Gasteiger partial charge in [0.2, 0.25) is 0 Å². The van der Waals surface area contributed by atoms with Gasteiger partial charge in [0.05, 0.1) is 18.2 Å². The maximum atomic E-state index is 12.2. The molecule has 27 heavy (non-hydrogen) atoms. The molecule has 0 fully saturated rings. The number of carbonyl (C=O) groups is 1. The highest BCUT2D eigenvalue weighted by Crippen LogP contribution is 2.27. The number of para-hydroxylation sites is 1. The Morgan fingerprint density at radius 1 is 1.22 bits per heavy atom. The van der Waals surface area contributed by atoms with Crippen molar-refractivity contribution < 1.29 is 9.53 Å². The lowest BCUT2D eigenvalue weighted by atomic mass is 10.3. The van der Waals surface area contributed by atoms with E-state index in [-0.39, 0.29) is 12.6 Å². The van der Waals surface area contributed by atoms with E-state index in [1.807, 2.05) is 41.8 Å². The van der Waals surface area contributed by atoms with Crippen LogP contribution in [0.5, 0.6) is 5.75 Å². The highest BCUT2D eigenvalue weighted by Gasteiger charge is 2.09. The van der Waals surface area contributed by atoms with Crippen molar-refractivity contribution in [1.29, 1.82) is 0 Å². The molecule has 1 heterocycles. The van der Waals surface area contributed by atoms with Gasteiger partial charge in [-0.2, -0.15) is 0 Å². The number of urea groups is 1. The van der Waals surface area contributed by atoms with E-state index in [4.69, 9.17) is 16.3 Å². The monoisotopic (exact) mass is 385 g/mol. The molecule has 2 amide bonds. The minimum absolute atomic E-state index is 0.228. The van der Waals surface area contributed by atoms with E-state index >= 15 is 0 Å². The van der Waals surface area contributed by atoms with Gasteiger partial charge in [0, 0.05) is 11.4 Å². The fraction of sp³-hybridized carbons (Fsp3) is 0.211. The summed E-state index contributed by atoms with van der Waals surface area (Å²) in [6, 6.07) is 14.4. The number of rotatable bonds is 7. The SMILES string of the molecule is CCCOc1ccc(NC(=O)NCc2nncn2-c2ccccc2)cc1Cl. The first kappa shape index (κ1) is 18.7. The number of halogens is 1. The predicted molar refractivity (Wildman–Crippen MR) is 104 cm³/mol. The number of ether oxygens (including phenoxy) is 1. The first-order valence-corrected chi connectivity index (χ1v) is 8.96. The molecule has 0 aliphatic heterocycles. The summed E-state index contributed by atoms with van der Waals surface area (Å²) in [5.74, 6) is 1.22. The summed E-state index contributed by atoms with van der Waals surface area (Å²) in [5, 5.41) is 13.9. The van der Waals surface area contributed by atoms with E-state index in [0.29, 0.717) is 28.9 Å². The van der Waals surface area contributed by atoms with E-state index in [1.54, 1.807) is 24.5 Å². The molecule has 140 valence electrons. The van der Waals surface area contributed by atoms with E-state index in [0.717, 1.165) is 12.1 Å². The quantitative estimate of drug-likeness (QED) is 0.643. The van der Waals surface area contributed by atoms with Crippen LogP contribution in [0.2, 0.25) is 5.02 Å². The number of hydrogen-bond donors (Lipinski definition) is 2. The zero-order chi connectivity index (χ0) is 19.1. The van der Waals surface area contributed by atoms with E-state index in [9.17, 15) is 4.79 Å². The average molecular weight is 386 g/mol. The third-order valence-corrected chi connectivity index (χ3v) is 4.01. The van der Waals surface area contributed by atoms with Crippen LogP contribution in [-0.4, -0.2) is 27.4 Å². The van der Waals surface area contributed by atoms with Crippen molar-refractivity contribution in [2.75, 3.05) is 11.9 Å². The Kier molecular flexibility index (Phi) is 6.27. The minimum atomic E-state index is -0.365. The van der Waals surface area contributed by atoms with Gasteiger partial charge in [0.15, 0.2) is 5.82 Å². The van der Waals surface area contributed by atoms with Crippen molar-refractivity contribution in [2.45, 2.75) is 19.9 Å². The van der Waals surface area contributed by atoms with Crippen LogP contribution in [0.15, 0.2) is 54.9 Å². The van der Waals surface area contributed by atoms with Crippen molar-refractivity contribution in [3.05, 3.63) is 65.7 Å². The van der Waals surface area contributed by atoms with Gasteiger partial charge in [0.1, 0.15) is 12.1 Å². The number of benzene rings is 2. The first-order valence-electron chi connectivity index (χ1n) is 8.59. The summed E-state index contributed by atoms with van der Waals surface area (Å²) in [4.78, 5) is 12.2. The van der Waals surface area contributed by atoms with Crippen molar-refractivity contribution in [1.82, 2.24) is 20.1 Å². The molecule has 0 saturated carbocycles. The summed E-state index contributed by atoms with van der Waals surface area (Å²) in [6.07, 6.45) is 2.51. The van der Waals surface area contributed by atoms with E-state index in [2.05, 4.69) is 20.8 Å². The number of nitrogens with one attached hydrogen (secondary N) is 2. The molecule has 0 bridgehead atoms. The van der Waals surface area contributed by atoms with Crippen LogP contribution in [-0.2, 0) is 6.54 Å². The van der Waals surface area contributed by atoms with Gasteiger partial charge in [0.25, 0.3) is 0 Å². The molecular weight excluding hydrogens is 366 g/mol. The van der Waals surface area contributed by atoms with Crippen LogP contribution in [0.25, 0.3) is 5.69 Å². The number of hydrogen-bond acceptors (Lipinski definition) is 4. The molecule has 0 spiro atoms. The molecule has 3 aromatic rings. The minimum Gasteiger partial charge on any atom is -0.492 e. The molecule has 0 saturated heterocycles. The molecule has 3 rings (SSSR count). The lowest BCUT2D eigenvalue weighted by Gasteiger charge is -2.11. The normalized spacial score (nSPS) is 10.4. The number of carbonyl (C=O) groups excluding carboxylic acids is 1. The van der Waals surface area contributed by atoms with Crippen LogP contribution in [0.1, 0.15) is 19.2 Å². The molecule has 0 unspecified atom stereocenters. The average Bonchev–Trinajstić information content (AvgIpc) is 3.15. The third-order valence-electron chi connectivity index (χ3n) is 3.71. The Hall–Kier alpha value is -3.06. The number of anilines is 1. The van der Waals surface area contributed by atoms with Gasteiger partial charge in [-0.15, -0.1) is 10.2 Å². The molecule has 8 heteroatoms. The number of amides is 2. The molecular formula is C19H20ClN5O2. The second kappa shape index (κ2) is 9.05. The Morgan fingerprint density at radius 2 is 2.04 bits per heavy atom. The highest BCUT2D eigenvalue weighted by molar-refractivity contribution is 6.32. The fourth-order valence-corrected chi connectivity index (χ4v) is 2.66. The second-order valence-corrected chi connectivity index (χ2v) is 6.16. The molecule has 0 atom stereocenters. The van der Waals surface area contributed by atoms with Gasteiger partial charge in [-0.3, -0.25) is 4.57 Å². The van der Waals surface area contributed by atoms with Crippen molar-refractivity contribution in [3.8, 4) is 11.4 Å². The molecule has 0 radical (unpaired) electrons. The van der Waals surface area contributed by atoms with Crippen molar-refractivity contribution in [2.24, 2.45) is 0 Å². The van der Waals surface area contributed by atoms with Gasteiger partial charge in [-0.1, -0.05) is 36.7 Å². The van der Waals surface area contributed by atoms with Crippen molar-refractivity contribution >= 4 is 23.3 Å². The van der Waals surface area contributed by atoms with E-state index in [1.165, 1.54) is 0 Å². The Labute approximate surface area is 162 Å². The summed E-state index contributed by atoms with van der Waals surface area (Å²) in [6.45, 7) is 2.84. The maximum Gasteiger partial charge on any atom is 0.319 e. The zero-order valence-corrected chi connectivity index (χ0v) is 15.6. The second-order valence-electron chi connectivity index (χ2n) is 5.75. The molecule has 7 nitrogen and oxygen atoms in total. The molecule has 2 aromatic carbocycles. The number of aromatic nitrogens is 3. The van der Waals surface area contributed by atoms with Crippen LogP contribution in [0, 0.1) is 0 Å². The van der Waals surface area contributed by atoms with Crippen LogP contribution in [0.4, 0.5) is 10.5 Å². The largest absolute Gasteiger partial charge is 0.492 e. The Balaban J connectivity index is 1.58. The number of nitrogens with zero attached hydrogens (tertiary/aromatic N) is 3. The fourth-order valence-electron chi connectivity index (χ4n) is 2.43. The Morgan fingerprint density at radius 3 is 2.78 bits per heavy atom.